The number of rotatable bonds is 9. The van der Waals surface area contributed by atoms with Gasteiger partial charge in [-0.2, -0.15) is 0 Å². The van der Waals surface area contributed by atoms with Gasteiger partial charge in [0.25, 0.3) is 5.24 Å². The fourth-order valence-corrected chi connectivity index (χ4v) is 4.17. The Morgan fingerprint density at radius 2 is 1.32 bits per heavy atom. The van der Waals surface area contributed by atoms with Crippen LogP contribution in [0.3, 0.4) is 0 Å². The van der Waals surface area contributed by atoms with E-state index in [1.165, 1.54) is 36.7 Å². The number of benzene rings is 2. The van der Waals surface area contributed by atoms with E-state index >= 15 is 0 Å². The fraction of sp³-hybridized carbons (Fsp3) is 0.435. The van der Waals surface area contributed by atoms with Crippen molar-refractivity contribution in [2.24, 2.45) is 0 Å². The first kappa shape index (κ1) is 29.7. The van der Waals surface area contributed by atoms with E-state index in [1.807, 2.05) is 30.3 Å². The Hall–Kier alpha value is -1.28. The second-order valence-corrected chi connectivity index (χ2v) is 8.32. The van der Waals surface area contributed by atoms with Crippen LogP contribution in [0.1, 0.15) is 18.4 Å². The summed E-state index contributed by atoms with van der Waals surface area (Å²) >= 11 is 1.38. The molecule has 0 aromatic heterocycles. The molecule has 2 aromatic carbocycles. The smallest absolute Gasteiger partial charge is 0.283 e. The van der Waals surface area contributed by atoms with Crippen molar-refractivity contribution in [2.75, 3.05) is 50.3 Å². The van der Waals surface area contributed by atoms with Crippen molar-refractivity contribution < 1.29 is 10.3 Å². The van der Waals surface area contributed by atoms with Crippen LogP contribution < -0.4 is 5.32 Å². The topological polar surface area (TPSA) is 67.1 Å². The van der Waals surface area contributed by atoms with Crippen LogP contribution in [0.25, 0.3) is 0 Å². The molecule has 1 saturated heterocycles. The van der Waals surface area contributed by atoms with Gasteiger partial charge in [-0.25, -0.2) is 0 Å². The van der Waals surface area contributed by atoms with Crippen molar-refractivity contribution >= 4 is 47.5 Å². The van der Waals surface area contributed by atoms with Gasteiger partial charge < -0.3 is 20.6 Å². The van der Waals surface area contributed by atoms with Crippen molar-refractivity contribution in [1.29, 1.82) is 0 Å². The van der Waals surface area contributed by atoms with Crippen molar-refractivity contribution in [1.82, 2.24) is 9.80 Å². The van der Waals surface area contributed by atoms with E-state index in [2.05, 4.69) is 45.4 Å². The lowest BCUT2D eigenvalue weighted by Gasteiger charge is -2.34. The molecule has 3 N–H and O–H groups in total. The predicted octanol–water partition coefficient (Wildman–Crippen LogP) is 4.61. The number of aryl methyl sites for hydroxylation is 1. The maximum absolute atomic E-state index is 11.9. The maximum atomic E-state index is 11.9. The molecule has 8 heteroatoms. The van der Waals surface area contributed by atoms with Gasteiger partial charge in [-0.05, 0) is 50.0 Å². The largest absolute Gasteiger partial charge is 0.412 e. The van der Waals surface area contributed by atoms with E-state index in [-0.39, 0.29) is 35.5 Å². The molecular formula is C23H35Cl2N3O2S. The highest BCUT2D eigenvalue weighted by Gasteiger charge is 2.16. The van der Waals surface area contributed by atoms with Crippen LogP contribution >= 0.6 is 36.6 Å². The number of halogens is 2. The Balaban J connectivity index is 0.00000300. The van der Waals surface area contributed by atoms with Crippen LogP contribution in [-0.4, -0.2) is 65.5 Å². The number of anilines is 1. The molecule has 0 saturated carbocycles. The Bertz CT molecular complexity index is 702. The van der Waals surface area contributed by atoms with Gasteiger partial charge >= 0.3 is 0 Å². The van der Waals surface area contributed by atoms with Crippen molar-refractivity contribution in [3.05, 3.63) is 66.2 Å². The first-order valence-electron chi connectivity index (χ1n) is 10.3. The molecule has 1 fully saturated rings. The quantitative estimate of drug-likeness (QED) is 0.524. The average molecular weight is 489 g/mol. The number of nitrogens with one attached hydrogen (secondary N) is 1. The zero-order valence-electron chi connectivity index (χ0n) is 17.9. The monoisotopic (exact) mass is 487 g/mol. The molecular weight excluding hydrogens is 453 g/mol. The number of carbonyl (C=O) groups excluding carboxylic acids is 1. The van der Waals surface area contributed by atoms with Crippen LogP contribution in [0, 0.1) is 0 Å². The van der Waals surface area contributed by atoms with Crippen molar-refractivity contribution in [3.63, 3.8) is 0 Å². The predicted molar refractivity (Wildman–Crippen MR) is 138 cm³/mol. The summed E-state index contributed by atoms with van der Waals surface area (Å²) < 4.78 is 0. The van der Waals surface area contributed by atoms with Gasteiger partial charge in [0.15, 0.2) is 0 Å². The molecule has 31 heavy (non-hydrogen) atoms. The summed E-state index contributed by atoms with van der Waals surface area (Å²) in [7, 11) is 0. The lowest BCUT2D eigenvalue weighted by atomic mass is 10.1. The molecule has 3 rings (SSSR count). The molecule has 5 nitrogen and oxygen atoms in total. The highest BCUT2D eigenvalue weighted by Crippen LogP contribution is 2.13. The molecule has 1 amide bonds. The third-order valence-electron chi connectivity index (χ3n) is 5.12. The number of amides is 1. The van der Waals surface area contributed by atoms with Crippen LogP contribution in [0.2, 0.25) is 0 Å². The van der Waals surface area contributed by atoms with Gasteiger partial charge in [0.05, 0.1) is 0 Å². The van der Waals surface area contributed by atoms with Gasteiger partial charge in [-0.1, -0.05) is 60.3 Å². The second kappa shape index (κ2) is 17.3. The minimum atomic E-state index is 0. The average Bonchev–Trinajstić information content (AvgIpc) is 2.74. The van der Waals surface area contributed by atoms with Gasteiger partial charge in [-0.3, -0.25) is 4.79 Å². The summed E-state index contributed by atoms with van der Waals surface area (Å²) in [4.78, 5) is 17.1. The summed E-state index contributed by atoms with van der Waals surface area (Å²) in [6, 6.07) is 20.4. The number of nitrogens with zero attached hydrogens (tertiary/aromatic N) is 2. The zero-order chi connectivity index (χ0) is 19.4. The molecule has 1 aliphatic heterocycles. The lowest BCUT2D eigenvalue weighted by molar-refractivity contribution is 0.132. The van der Waals surface area contributed by atoms with Crippen molar-refractivity contribution in [3.8, 4) is 0 Å². The Morgan fingerprint density at radius 1 is 0.806 bits per heavy atom. The molecule has 174 valence electrons. The normalized spacial score (nSPS) is 13.9. The van der Waals surface area contributed by atoms with Gasteiger partial charge in [0.1, 0.15) is 0 Å². The summed E-state index contributed by atoms with van der Waals surface area (Å²) in [5, 5.41) is 2.96. The lowest BCUT2D eigenvalue weighted by Crippen LogP contribution is -2.46. The maximum Gasteiger partial charge on any atom is 0.283 e. The minimum Gasteiger partial charge on any atom is -0.412 e. The third kappa shape index (κ3) is 11.8. The molecule has 0 spiro atoms. The Morgan fingerprint density at radius 3 is 1.90 bits per heavy atom. The van der Waals surface area contributed by atoms with Gasteiger partial charge in [0.2, 0.25) is 0 Å². The van der Waals surface area contributed by atoms with Crippen molar-refractivity contribution in [2.45, 2.75) is 19.3 Å². The molecule has 0 unspecified atom stereocenters. The minimum absolute atomic E-state index is 0. The number of carbonyl (C=O) groups is 1. The second-order valence-electron chi connectivity index (χ2n) is 7.25. The van der Waals surface area contributed by atoms with Crippen LogP contribution in [0.4, 0.5) is 10.5 Å². The highest BCUT2D eigenvalue weighted by molar-refractivity contribution is 8.13. The summed E-state index contributed by atoms with van der Waals surface area (Å²) in [6.07, 6.45) is 3.46. The Labute approximate surface area is 203 Å². The van der Waals surface area contributed by atoms with E-state index < -0.39 is 0 Å². The summed E-state index contributed by atoms with van der Waals surface area (Å²) in [5.41, 5.74) is 2.30. The molecule has 0 atom stereocenters. The third-order valence-corrected chi connectivity index (χ3v) is 5.98. The van der Waals surface area contributed by atoms with E-state index in [0.717, 1.165) is 50.6 Å². The molecule has 0 bridgehead atoms. The zero-order valence-corrected chi connectivity index (χ0v) is 20.3. The van der Waals surface area contributed by atoms with E-state index in [9.17, 15) is 4.79 Å². The molecule has 1 heterocycles. The number of hydrogen-bond donors (Lipinski definition) is 1. The molecule has 1 aliphatic rings. The van der Waals surface area contributed by atoms with Crippen LogP contribution in [-0.2, 0) is 6.42 Å². The number of para-hydroxylation sites is 1. The van der Waals surface area contributed by atoms with Gasteiger partial charge in [0, 0.05) is 37.6 Å². The summed E-state index contributed by atoms with van der Waals surface area (Å²) in [6.45, 7) is 6.90. The van der Waals surface area contributed by atoms with Gasteiger partial charge in [-0.15, -0.1) is 24.8 Å². The fourth-order valence-electron chi connectivity index (χ4n) is 3.52. The van der Waals surface area contributed by atoms with Crippen LogP contribution in [0.5, 0.6) is 0 Å². The van der Waals surface area contributed by atoms with Crippen LogP contribution in [0.15, 0.2) is 60.7 Å². The summed E-state index contributed by atoms with van der Waals surface area (Å²) in [5.74, 6) is 0.871. The number of hydrogen-bond acceptors (Lipinski definition) is 4. The van der Waals surface area contributed by atoms with E-state index in [0.29, 0.717) is 0 Å². The molecule has 0 radical (unpaired) electrons. The molecule has 0 aliphatic carbocycles. The first-order valence-corrected chi connectivity index (χ1v) is 11.3. The highest BCUT2D eigenvalue weighted by atomic mass is 35.5. The van der Waals surface area contributed by atoms with E-state index in [4.69, 9.17) is 0 Å². The van der Waals surface area contributed by atoms with E-state index in [1.54, 1.807) is 0 Å². The molecule has 2 aromatic rings. The Kier molecular flexibility index (Phi) is 16.6. The SMILES string of the molecule is Cl.Cl.O.O=C(Nc1ccccc1)SCCCN1CCN(CCCc2ccccc2)CC1. The number of thioether (sulfide) groups is 1. The first-order chi connectivity index (χ1) is 13.8. The standard InChI is InChI=1S/C23H31N3OS.2ClH.H2O/c27-23(24-22-12-5-2-6-13-22)28-20-8-15-26-18-16-25(17-19-26)14-7-11-21-9-3-1-4-10-21;;;/h1-6,9-10,12-13H,7-8,11,14-20H2,(H,24,27);2*1H;1H2. The number of piperazine rings is 1.